The second kappa shape index (κ2) is 3.92. The minimum absolute atomic E-state index is 0.0161. The highest BCUT2D eigenvalue weighted by Gasteiger charge is 1.86. The van der Waals surface area contributed by atoms with Crippen LogP contribution >= 0.6 is 11.8 Å². The van der Waals surface area contributed by atoms with Gasteiger partial charge in [-0.25, -0.2) is 0 Å². The molecule has 0 unspecified atom stereocenters. The zero-order valence-corrected chi connectivity index (χ0v) is 4.59. The molecule has 0 spiro atoms. The molecule has 0 saturated heterocycles. The van der Waals surface area contributed by atoms with Crippen LogP contribution in [-0.4, -0.2) is 17.6 Å². The largest absolute Gasteiger partial charge is 0.379 e. The average Bonchev–Trinajstić information content (AvgIpc) is 1.61. The van der Waals surface area contributed by atoms with E-state index in [4.69, 9.17) is 11.1 Å². The molecule has 0 saturated carbocycles. The van der Waals surface area contributed by atoms with E-state index in [0.29, 0.717) is 5.75 Å². The standard InChI is InChI=1S/C3H7FN2S/c4-1-2-7-3(5)6/h1-2H2,(H3,5,6)/i4-1. The number of hydrogen-bond donors (Lipinski definition) is 2. The van der Waals surface area contributed by atoms with Gasteiger partial charge in [0.15, 0.2) is 5.17 Å². The molecule has 0 bridgehead atoms. The maximum atomic E-state index is 11.2. The van der Waals surface area contributed by atoms with Gasteiger partial charge in [-0.3, -0.25) is 9.80 Å². The molecule has 0 aromatic carbocycles. The molecular weight excluding hydrogens is 114 g/mol. The molecule has 0 aliphatic rings. The summed E-state index contributed by atoms with van der Waals surface area (Å²) in [6.45, 7) is -0.412. The van der Waals surface area contributed by atoms with Gasteiger partial charge in [0, 0.05) is 5.75 Å². The lowest BCUT2D eigenvalue weighted by molar-refractivity contribution is 0.533. The molecular formula is C3H7FN2S. The molecule has 0 aliphatic carbocycles. The van der Waals surface area contributed by atoms with E-state index in [-0.39, 0.29) is 5.17 Å². The van der Waals surface area contributed by atoms with Crippen molar-refractivity contribution < 1.29 is 4.39 Å². The Hall–Kier alpha value is -0.250. The predicted octanol–water partition coefficient (Wildman–Crippen LogP) is 0.583. The first-order valence-corrected chi connectivity index (χ1v) is 2.78. The van der Waals surface area contributed by atoms with Crippen molar-refractivity contribution in [2.45, 2.75) is 0 Å². The lowest BCUT2D eigenvalue weighted by atomic mass is 10.9. The van der Waals surface area contributed by atoms with Crippen LogP contribution in [0.15, 0.2) is 0 Å². The summed E-state index contributed by atoms with van der Waals surface area (Å²) in [7, 11) is 0. The summed E-state index contributed by atoms with van der Waals surface area (Å²) in [6, 6.07) is 0. The smallest absolute Gasteiger partial charge is 0.151 e. The predicted molar refractivity (Wildman–Crippen MR) is 30.3 cm³/mol. The molecule has 0 heterocycles. The van der Waals surface area contributed by atoms with Crippen LogP contribution in [0.4, 0.5) is 4.39 Å². The molecule has 0 aliphatic heterocycles. The third kappa shape index (κ3) is 5.75. The molecule has 4 heteroatoms. The lowest BCUT2D eigenvalue weighted by Gasteiger charge is -1.88. The van der Waals surface area contributed by atoms with Gasteiger partial charge >= 0.3 is 0 Å². The van der Waals surface area contributed by atoms with E-state index in [1.54, 1.807) is 0 Å². The highest BCUT2D eigenvalue weighted by atomic mass is 32.2. The Balaban J connectivity index is 2.82. The van der Waals surface area contributed by atoms with Gasteiger partial charge in [0.25, 0.3) is 0 Å². The molecule has 0 amide bonds. The monoisotopic (exact) mass is 121 g/mol. The Morgan fingerprint density at radius 1 is 1.86 bits per heavy atom. The van der Waals surface area contributed by atoms with Gasteiger partial charge in [0.05, 0.1) is 6.67 Å². The first-order valence-electron chi connectivity index (χ1n) is 1.80. The summed E-state index contributed by atoms with van der Waals surface area (Å²) in [5.74, 6) is 0.301. The Kier molecular flexibility index (Phi) is 3.78. The van der Waals surface area contributed by atoms with Gasteiger partial charge in [-0.2, -0.15) is 0 Å². The zero-order valence-electron chi connectivity index (χ0n) is 3.78. The van der Waals surface area contributed by atoms with Gasteiger partial charge < -0.3 is 5.73 Å². The third-order valence-corrected chi connectivity index (χ3v) is 1.00. The van der Waals surface area contributed by atoms with Crippen LogP contribution in [0.25, 0.3) is 0 Å². The fraction of sp³-hybridized carbons (Fsp3) is 0.667. The first-order chi connectivity index (χ1) is 3.27. The van der Waals surface area contributed by atoms with Crippen molar-refractivity contribution in [1.82, 2.24) is 0 Å². The summed E-state index contributed by atoms with van der Waals surface area (Å²) < 4.78 is 11.2. The number of alkyl halides is 1. The highest BCUT2D eigenvalue weighted by Crippen LogP contribution is 1.95. The first kappa shape index (κ1) is 6.75. The van der Waals surface area contributed by atoms with Crippen molar-refractivity contribution in [3.63, 3.8) is 0 Å². The average molecular weight is 121 g/mol. The maximum Gasteiger partial charge on any atom is 0.151 e. The number of hydrogen-bond acceptors (Lipinski definition) is 2. The van der Waals surface area contributed by atoms with Gasteiger partial charge in [0.2, 0.25) is 0 Å². The number of rotatable bonds is 2. The number of nitrogens with one attached hydrogen (secondary N) is 1. The highest BCUT2D eigenvalue weighted by molar-refractivity contribution is 8.13. The SMILES string of the molecule is N=C(N)SCC[18F]. The Morgan fingerprint density at radius 2 is 2.43 bits per heavy atom. The van der Waals surface area contributed by atoms with Crippen LogP contribution in [-0.2, 0) is 0 Å². The van der Waals surface area contributed by atoms with Crippen LogP contribution in [0.5, 0.6) is 0 Å². The fourth-order valence-corrected chi connectivity index (χ4v) is 0.446. The topological polar surface area (TPSA) is 49.9 Å². The Bertz CT molecular complexity index is 66.0. The van der Waals surface area contributed by atoms with Crippen molar-refractivity contribution in [3.8, 4) is 0 Å². The number of halogens is 1. The lowest BCUT2D eigenvalue weighted by Crippen LogP contribution is -2.04. The van der Waals surface area contributed by atoms with Crippen molar-refractivity contribution in [3.05, 3.63) is 0 Å². The second-order valence-electron chi connectivity index (χ2n) is 0.902. The molecule has 0 fully saturated rings. The summed E-state index contributed by atoms with van der Waals surface area (Å²) >= 11 is 1.02. The summed E-state index contributed by atoms with van der Waals surface area (Å²) in [5, 5.41) is 6.56. The Labute approximate surface area is 45.8 Å². The molecule has 0 radical (unpaired) electrons. The van der Waals surface area contributed by atoms with Gasteiger partial charge in [0.1, 0.15) is 0 Å². The van der Waals surface area contributed by atoms with E-state index >= 15 is 0 Å². The van der Waals surface area contributed by atoms with Crippen LogP contribution < -0.4 is 5.73 Å². The summed E-state index contributed by atoms with van der Waals surface area (Å²) in [4.78, 5) is 0. The van der Waals surface area contributed by atoms with Crippen LogP contribution in [0, 0.1) is 5.41 Å². The fourth-order valence-electron chi connectivity index (χ4n) is 0.149. The Morgan fingerprint density at radius 3 is 2.57 bits per heavy atom. The summed E-state index contributed by atoms with van der Waals surface area (Å²) in [5.41, 5.74) is 4.86. The molecule has 0 aromatic rings. The number of thioether (sulfide) groups is 1. The van der Waals surface area contributed by atoms with Crippen molar-refractivity contribution in [2.75, 3.05) is 12.4 Å². The quantitative estimate of drug-likeness (QED) is 0.415. The normalized spacial score (nSPS) is 8.71. The van der Waals surface area contributed by atoms with E-state index in [0.717, 1.165) is 11.8 Å². The zero-order chi connectivity index (χ0) is 5.70. The second-order valence-corrected chi connectivity index (χ2v) is 2.04. The molecule has 0 atom stereocenters. The van der Waals surface area contributed by atoms with Gasteiger partial charge in [-0.15, -0.1) is 0 Å². The van der Waals surface area contributed by atoms with E-state index in [9.17, 15) is 4.39 Å². The van der Waals surface area contributed by atoms with E-state index in [1.807, 2.05) is 0 Å². The minimum atomic E-state index is -0.412. The molecule has 3 N–H and O–H groups in total. The van der Waals surface area contributed by atoms with Crippen LogP contribution in [0.1, 0.15) is 0 Å². The molecule has 0 aromatic heterocycles. The van der Waals surface area contributed by atoms with Crippen molar-refractivity contribution in [1.29, 1.82) is 5.41 Å². The molecule has 0 rings (SSSR count). The van der Waals surface area contributed by atoms with Crippen molar-refractivity contribution in [2.24, 2.45) is 5.73 Å². The van der Waals surface area contributed by atoms with E-state index < -0.39 is 6.67 Å². The van der Waals surface area contributed by atoms with Gasteiger partial charge in [-0.1, -0.05) is 11.8 Å². The van der Waals surface area contributed by atoms with E-state index in [2.05, 4.69) is 0 Å². The van der Waals surface area contributed by atoms with Crippen LogP contribution in [0.3, 0.4) is 0 Å². The molecule has 7 heavy (non-hydrogen) atoms. The molecule has 42 valence electrons. The van der Waals surface area contributed by atoms with E-state index in [1.165, 1.54) is 0 Å². The van der Waals surface area contributed by atoms with Crippen molar-refractivity contribution >= 4 is 16.9 Å². The summed E-state index contributed by atoms with van der Waals surface area (Å²) in [6.07, 6.45) is 0. The van der Waals surface area contributed by atoms with Gasteiger partial charge in [-0.05, 0) is 0 Å². The minimum Gasteiger partial charge on any atom is -0.379 e. The number of amidine groups is 1. The van der Waals surface area contributed by atoms with Crippen LogP contribution in [0.2, 0.25) is 0 Å². The molecule has 2 nitrogen and oxygen atoms in total. The number of nitrogens with two attached hydrogens (primary N) is 1. The third-order valence-electron chi connectivity index (χ3n) is 0.335. The maximum absolute atomic E-state index is 11.2.